The molecule has 0 bridgehead atoms. The second-order valence-corrected chi connectivity index (χ2v) is 6.46. The van der Waals surface area contributed by atoms with E-state index in [0.29, 0.717) is 5.75 Å². The maximum Gasteiger partial charge on any atom is 0.277 e. The van der Waals surface area contributed by atoms with Crippen LogP contribution in [0.1, 0.15) is 0 Å². The third kappa shape index (κ3) is 1.52. The van der Waals surface area contributed by atoms with E-state index in [1.54, 1.807) is 0 Å². The van der Waals surface area contributed by atoms with E-state index in [4.69, 9.17) is 4.52 Å². The first-order valence-corrected chi connectivity index (χ1v) is 7.32. The highest BCUT2D eigenvalue weighted by Crippen LogP contribution is 2.53. The number of fused-ring (bicyclic) bond motifs is 3. The van der Waals surface area contributed by atoms with Crippen molar-refractivity contribution < 1.29 is 9.09 Å². The van der Waals surface area contributed by atoms with Gasteiger partial charge in [0.15, 0.2) is 0 Å². The molecule has 3 rings (SSSR count). The second-order valence-electron chi connectivity index (χ2n) is 4.00. The van der Waals surface area contributed by atoms with E-state index in [-0.39, 0.29) is 6.16 Å². The van der Waals surface area contributed by atoms with Crippen LogP contribution in [-0.2, 0) is 4.57 Å². The number of para-hydroxylation sites is 1. The highest BCUT2D eigenvalue weighted by molar-refractivity contribution is 7.67. The Balaban J connectivity index is 2.34. The highest BCUT2D eigenvalue weighted by Gasteiger charge is 2.33. The molecule has 1 heterocycles. The van der Waals surface area contributed by atoms with E-state index in [1.165, 1.54) is 0 Å². The molecule has 3 heteroatoms. The molecule has 0 fully saturated rings. The van der Waals surface area contributed by atoms with Crippen LogP contribution < -0.4 is 9.83 Å². The van der Waals surface area contributed by atoms with Crippen LogP contribution >= 0.6 is 7.37 Å². The lowest BCUT2D eigenvalue weighted by molar-refractivity contribution is 0.494. The molecular formula is C14H12O2P. The summed E-state index contributed by atoms with van der Waals surface area (Å²) in [7, 11) is -2.83. The van der Waals surface area contributed by atoms with Gasteiger partial charge < -0.3 is 4.52 Å². The van der Waals surface area contributed by atoms with Gasteiger partial charge in [-0.15, -0.1) is 0 Å². The maximum atomic E-state index is 12.7. The summed E-state index contributed by atoms with van der Waals surface area (Å²) in [5.41, 5.74) is 2.00. The predicted octanol–water partition coefficient (Wildman–Crippen LogP) is 3.48. The zero-order chi connectivity index (χ0) is 11.9. The molecule has 0 spiro atoms. The van der Waals surface area contributed by atoms with Gasteiger partial charge >= 0.3 is 0 Å². The Bertz CT molecular complexity index is 619. The average Bonchev–Trinajstić information content (AvgIpc) is 2.39. The van der Waals surface area contributed by atoms with Gasteiger partial charge in [-0.3, -0.25) is 4.57 Å². The maximum absolute atomic E-state index is 12.7. The van der Waals surface area contributed by atoms with Gasteiger partial charge in [-0.25, -0.2) is 0 Å². The van der Waals surface area contributed by atoms with Crippen LogP contribution in [0.2, 0.25) is 0 Å². The summed E-state index contributed by atoms with van der Waals surface area (Å²) in [6.07, 6.45) is 0.276. The average molecular weight is 243 g/mol. The first kappa shape index (κ1) is 10.6. The number of hydrogen-bond donors (Lipinski definition) is 0. The smallest absolute Gasteiger partial charge is 0.277 e. The Morgan fingerprint density at radius 2 is 1.65 bits per heavy atom. The summed E-state index contributed by atoms with van der Waals surface area (Å²) in [5.74, 6) is 0.693. The topological polar surface area (TPSA) is 26.3 Å². The minimum Gasteiger partial charge on any atom is -0.439 e. The van der Waals surface area contributed by atoms with E-state index in [9.17, 15) is 4.57 Å². The Morgan fingerprint density at radius 3 is 2.41 bits per heavy atom. The van der Waals surface area contributed by atoms with Gasteiger partial charge in [0.05, 0.1) is 5.30 Å². The predicted molar refractivity (Wildman–Crippen MR) is 70.0 cm³/mol. The molecule has 0 saturated heterocycles. The summed E-state index contributed by atoms with van der Waals surface area (Å²) >= 11 is 0. The molecule has 0 N–H and O–H groups in total. The van der Waals surface area contributed by atoms with Crippen molar-refractivity contribution in [3.8, 4) is 16.9 Å². The third-order valence-corrected chi connectivity index (χ3v) is 5.19. The van der Waals surface area contributed by atoms with Crippen molar-refractivity contribution in [3.63, 3.8) is 0 Å². The van der Waals surface area contributed by atoms with Crippen molar-refractivity contribution in [1.29, 1.82) is 0 Å². The molecular weight excluding hydrogens is 231 g/mol. The van der Waals surface area contributed by atoms with Gasteiger partial charge in [0.1, 0.15) is 5.75 Å². The first-order valence-electron chi connectivity index (χ1n) is 5.51. The Morgan fingerprint density at radius 1 is 1.00 bits per heavy atom. The van der Waals surface area contributed by atoms with Crippen molar-refractivity contribution in [2.45, 2.75) is 0 Å². The molecule has 1 atom stereocenters. The fourth-order valence-electron chi connectivity index (χ4n) is 2.14. The molecule has 1 unspecified atom stereocenters. The van der Waals surface area contributed by atoms with Gasteiger partial charge in [-0.2, -0.15) is 0 Å². The molecule has 0 saturated carbocycles. The second kappa shape index (κ2) is 3.75. The van der Waals surface area contributed by atoms with Crippen molar-refractivity contribution >= 4 is 12.7 Å². The number of benzene rings is 2. The zero-order valence-corrected chi connectivity index (χ0v) is 10.2. The first-order chi connectivity index (χ1) is 8.24. The Labute approximate surface area is 101 Å². The minimum atomic E-state index is -2.83. The van der Waals surface area contributed by atoms with E-state index < -0.39 is 7.37 Å². The minimum absolute atomic E-state index is 0.276. The monoisotopic (exact) mass is 243 g/mol. The van der Waals surface area contributed by atoms with Crippen LogP contribution in [0.3, 0.4) is 0 Å². The van der Waals surface area contributed by atoms with Gasteiger partial charge in [0.25, 0.3) is 7.37 Å². The van der Waals surface area contributed by atoms with Gasteiger partial charge in [-0.1, -0.05) is 36.4 Å². The molecule has 2 aromatic carbocycles. The normalized spacial score (nSPS) is 21.2. The lowest BCUT2D eigenvalue weighted by Crippen LogP contribution is -2.18. The van der Waals surface area contributed by atoms with Crippen LogP contribution in [0.4, 0.5) is 0 Å². The lowest BCUT2D eigenvalue weighted by atomic mass is 10.0. The Hall–Kier alpha value is -1.53. The number of rotatable bonds is 1. The van der Waals surface area contributed by atoms with E-state index >= 15 is 0 Å². The van der Waals surface area contributed by atoms with Crippen molar-refractivity contribution in [3.05, 3.63) is 55.5 Å². The van der Waals surface area contributed by atoms with E-state index in [1.807, 2.05) is 48.5 Å². The van der Waals surface area contributed by atoms with Crippen LogP contribution in [0.5, 0.6) is 5.75 Å². The highest BCUT2D eigenvalue weighted by atomic mass is 31.2. The molecule has 85 valence electrons. The standard InChI is InChI=1S/C14H12O2P/c1-2-17(15)14-10-6-4-8-12(14)11-7-3-5-9-13(11)16-17/h3-10H,1-2H2. The molecule has 2 aromatic rings. The van der Waals surface area contributed by atoms with Gasteiger partial charge in [0.2, 0.25) is 0 Å². The third-order valence-electron chi connectivity index (χ3n) is 2.99. The molecule has 1 radical (unpaired) electrons. The molecule has 17 heavy (non-hydrogen) atoms. The summed E-state index contributed by atoms with van der Waals surface area (Å²) in [6.45, 7) is 3.76. The van der Waals surface area contributed by atoms with Gasteiger partial charge in [0, 0.05) is 11.7 Å². The summed E-state index contributed by atoms with van der Waals surface area (Å²) in [6, 6.07) is 15.4. The number of hydrogen-bond acceptors (Lipinski definition) is 2. The van der Waals surface area contributed by atoms with Crippen molar-refractivity contribution in [1.82, 2.24) is 0 Å². The van der Waals surface area contributed by atoms with E-state index in [0.717, 1.165) is 16.4 Å². The molecule has 1 aliphatic rings. The van der Waals surface area contributed by atoms with Crippen LogP contribution in [-0.4, -0.2) is 6.16 Å². The van der Waals surface area contributed by atoms with Crippen molar-refractivity contribution in [2.75, 3.05) is 6.16 Å². The van der Waals surface area contributed by atoms with E-state index in [2.05, 4.69) is 6.92 Å². The molecule has 2 nitrogen and oxygen atoms in total. The summed E-state index contributed by atoms with van der Waals surface area (Å²) in [5, 5.41) is 0.786. The molecule has 0 aromatic heterocycles. The Kier molecular flexibility index (Phi) is 2.34. The quantitative estimate of drug-likeness (QED) is 0.717. The largest absolute Gasteiger partial charge is 0.439 e. The SMILES string of the molecule is [CH2]CP1(=O)Oc2ccccc2-c2ccccc21. The van der Waals surface area contributed by atoms with Crippen LogP contribution in [0, 0.1) is 6.92 Å². The van der Waals surface area contributed by atoms with Gasteiger partial charge in [-0.05, 0) is 24.6 Å². The fourth-order valence-corrected chi connectivity index (χ4v) is 3.92. The molecule has 0 aliphatic carbocycles. The van der Waals surface area contributed by atoms with Crippen LogP contribution in [0.15, 0.2) is 48.5 Å². The fraction of sp³-hybridized carbons (Fsp3) is 0.0714. The molecule has 0 amide bonds. The van der Waals surface area contributed by atoms with Crippen LogP contribution in [0.25, 0.3) is 11.1 Å². The lowest BCUT2D eigenvalue weighted by Gasteiger charge is -2.27. The zero-order valence-electron chi connectivity index (χ0n) is 9.30. The van der Waals surface area contributed by atoms with Crippen molar-refractivity contribution in [2.24, 2.45) is 0 Å². The summed E-state index contributed by atoms with van der Waals surface area (Å²) in [4.78, 5) is 0. The summed E-state index contributed by atoms with van der Waals surface area (Å²) < 4.78 is 18.4. The molecule has 1 aliphatic heterocycles.